The normalized spacial score (nSPS) is 22.2. The highest BCUT2D eigenvalue weighted by Gasteiger charge is 2.51. The summed E-state index contributed by atoms with van der Waals surface area (Å²) >= 11 is 0. The molecule has 1 amide bonds. The minimum Gasteiger partial charge on any atom is -0.427 e. The van der Waals surface area contributed by atoms with Crippen molar-refractivity contribution >= 4 is 17.8 Å². The molecule has 2 aliphatic rings. The van der Waals surface area contributed by atoms with Crippen molar-refractivity contribution in [2.24, 2.45) is 5.41 Å². The van der Waals surface area contributed by atoms with Gasteiger partial charge in [0.2, 0.25) is 6.79 Å². The van der Waals surface area contributed by atoms with Crippen LogP contribution in [0, 0.1) is 5.41 Å². The largest absolute Gasteiger partial charge is 0.427 e. The first kappa shape index (κ1) is 18.2. The molecule has 1 atom stereocenters. The van der Waals surface area contributed by atoms with E-state index in [1.54, 1.807) is 34.6 Å². The van der Waals surface area contributed by atoms with Crippen LogP contribution in [0.2, 0.25) is 0 Å². The molecule has 2 aliphatic heterocycles. The number of fused-ring (bicyclic) bond motifs is 1. The zero-order chi connectivity index (χ0) is 18.2. The van der Waals surface area contributed by atoms with E-state index in [-0.39, 0.29) is 24.3 Å². The van der Waals surface area contributed by atoms with Crippen molar-refractivity contribution in [3.8, 4) is 0 Å². The lowest BCUT2D eigenvalue weighted by Crippen LogP contribution is -2.53. The molecule has 7 heteroatoms. The van der Waals surface area contributed by atoms with Gasteiger partial charge in [-0.2, -0.15) is 0 Å². The number of esters is 2. The molecule has 0 aromatic carbocycles. The number of hydrogen-bond donors (Lipinski definition) is 1. The van der Waals surface area contributed by atoms with Crippen LogP contribution in [0.15, 0.2) is 22.4 Å². The quantitative estimate of drug-likeness (QED) is 0.359. The number of hydrogen-bond acceptors (Lipinski definition) is 6. The van der Waals surface area contributed by atoms with Crippen molar-refractivity contribution in [2.75, 3.05) is 13.4 Å². The predicted octanol–water partition coefficient (Wildman–Crippen LogP) is 1.27. The Morgan fingerprint density at radius 1 is 1.29 bits per heavy atom. The van der Waals surface area contributed by atoms with Crippen molar-refractivity contribution in [3.63, 3.8) is 0 Å². The van der Waals surface area contributed by atoms with E-state index >= 15 is 0 Å². The number of aliphatic hydroxyl groups excluding tert-OH is 1. The maximum atomic E-state index is 12.2. The van der Waals surface area contributed by atoms with E-state index < -0.39 is 24.1 Å². The second-order valence-electron chi connectivity index (χ2n) is 7.11. The monoisotopic (exact) mass is 337 g/mol. The summed E-state index contributed by atoms with van der Waals surface area (Å²) in [5.74, 6) is -1.46. The third kappa shape index (κ3) is 3.08. The van der Waals surface area contributed by atoms with Gasteiger partial charge in [-0.25, -0.2) is 4.79 Å². The molecule has 1 unspecified atom stereocenters. The molecule has 0 aromatic rings. The Hall–Kier alpha value is -2.15. The summed E-state index contributed by atoms with van der Waals surface area (Å²) in [4.78, 5) is 37.5. The number of carbonyl (C=O) groups excluding carboxylic acids is 3. The molecular formula is C17H23NO6. The van der Waals surface area contributed by atoms with Crippen LogP contribution in [0.4, 0.5) is 0 Å². The van der Waals surface area contributed by atoms with E-state index in [2.05, 4.69) is 0 Å². The third-order valence-corrected chi connectivity index (χ3v) is 4.12. The van der Waals surface area contributed by atoms with Crippen LogP contribution in [0.25, 0.3) is 0 Å². The Morgan fingerprint density at radius 3 is 2.46 bits per heavy atom. The SMILES string of the molecule is CC(CO)=C1C(=O)N2C(C(=O)OCOC(=O)C(C)(C)C)=C(C)CC12. The van der Waals surface area contributed by atoms with Gasteiger partial charge >= 0.3 is 11.9 Å². The molecule has 24 heavy (non-hydrogen) atoms. The van der Waals surface area contributed by atoms with Crippen molar-refractivity contribution in [1.29, 1.82) is 0 Å². The molecule has 2 rings (SSSR count). The van der Waals surface area contributed by atoms with Crippen molar-refractivity contribution in [2.45, 2.75) is 47.1 Å². The summed E-state index contributed by atoms with van der Waals surface area (Å²) in [6.07, 6.45) is 0.532. The summed E-state index contributed by atoms with van der Waals surface area (Å²) in [5, 5.41) is 9.20. The molecule has 0 spiro atoms. The van der Waals surface area contributed by atoms with Gasteiger partial charge in [0.15, 0.2) is 0 Å². The lowest BCUT2D eigenvalue weighted by Gasteiger charge is -2.39. The summed E-state index contributed by atoms with van der Waals surface area (Å²) in [6, 6.07) is -0.218. The number of amides is 1. The molecular weight excluding hydrogens is 314 g/mol. The van der Waals surface area contributed by atoms with Gasteiger partial charge in [0, 0.05) is 5.57 Å². The van der Waals surface area contributed by atoms with Gasteiger partial charge in [-0.05, 0) is 52.2 Å². The van der Waals surface area contributed by atoms with Crippen molar-refractivity contribution in [3.05, 3.63) is 22.4 Å². The number of rotatable bonds is 4. The molecule has 1 saturated heterocycles. The number of aliphatic hydroxyl groups is 1. The zero-order valence-electron chi connectivity index (χ0n) is 14.6. The van der Waals surface area contributed by atoms with Gasteiger partial charge in [-0.15, -0.1) is 0 Å². The maximum Gasteiger partial charge on any atom is 0.357 e. The first-order chi connectivity index (χ1) is 11.1. The summed E-state index contributed by atoms with van der Waals surface area (Å²) in [5.41, 5.74) is 1.42. The van der Waals surface area contributed by atoms with E-state index in [4.69, 9.17) is 9.47 Å². The lowest BCUT2D eigenvalue weighted by atomic mass is 9.90. The Balaban J connectivity index is 2.01. The molecule has 0 saturated carbocycles. The van der Waals surface area contributed by atoms with Crippen molar-refractivity contribution in [1.82, 2.24) is 4.90 Å². The summed E-state index contributed by atoms with van der Waals surface area (Å²) in [7, 11) is 0. The average molecular weight is 337 g/mol. The highest BCUT2D eigenvalue weighted by Crippen LogP contribution is 2.43. The molecule has 0 radical (unpaired) electrons. The molecule has 0 bridgehead atoms. The summed E-state index contributed by atoms with van der Waals surface area (Å²) in [6.45, 7) is 7.87. The zero-order valence-corrected chi connectivity index (χ0v) is 14.6. The molecule has 0 aliphatic carbocycles. The van der Waals surface area contributed by atoms with Gasteiger partial charge < -0.3 is 14.6 Å². The molecule has 132 valence electrons. The molecule has 0 aromatic heterocycles. The molecule has 1 N–H and O–H groups in total. The van der Waals surface area contributed by atoms with E-state index in [1.165, 1.54) is 4.90 Å². The van der Waals surface area contributed by atoms with Gasteiger partial charge in [-0.3, -0.25) is 14.5 Å². The Kier molecular flexibility index (Phi) is 4.85. The average Bonchev–Trinajstić information content (AvgIpc) is 2.79. The Labute approximate surface area is 140 Å². The Bertz CT molecular complexity index is 652. The van der Waals surface area contributed by atoms with E-state index in [1.807, 2.05) is 0 Å². The topological polar surface area (TPSA) is 93.1 Å². The van der Waals surface area contributed by atoms with E-state index in [0.29, 0.717) is 17.6 Å². The van der Waals surface area contributed by atoms with Crippen LogP contribution in [0.3, 0.4) is 0 Å². The number of nitrogens with zero attached hydrogens (tertiary/aromatic N) is 1. The third-order valence-electron chi connectivity index (χ3n) is 4.12. The van der Waals surface area contributed by atoms with Gasteiger partial charge in [0.05, 0.1) is 18.1 Å². The number of carbonyl (C=O) groups is 3. The second-order valence-corrected chi connectivity index (χ2v) is 7.11. The van der Waals surface area contributed by atoms with E-state index in [0.717, 1.165) is 5.57 Å². The molecule has 1 fully saturated rings. The van der Waals surface area contributed by atoms with Crippen LogP contribution < -0.4 is 0 Å². The number of ether oxygens (including phenoxy) is 2. The highest BCUT2D eigenvalue weighted by atomic mass is 16.7. The lowest BCUT2D eigenvalue weighted by molar-refractivity contribution is -0.172. The smallest absolute Gasteiger partial charge is 0.357 e. The van der Waals surface area contributed by atoms with Crippen LogP contribution in [-0.2, 0) is 23.9 Å². The standard InChI is InChI=1S/C17H23NO6/c1-9-6-11-12(10(2)7-19)14(20)18(11)13(9)15(21)23-8-24-16(22)17(3,4)5/h11,19H,6-8H2,1-5H3. The molecule has 2 heterocycles. The van der Waals surface area contributed by atoms with Crippen LogP contribution >= 0.6 is 0 Å². The van der Waals surface area contributed by atoms with Crippen LogP contribution in [0.1, 0.15) is 41.0 Å². The predicted molar refractivity (Wildman–Crippen MR) is 84.2 cm³/mol. The minimum absolute atomic E-state index is 0.188. The van der Waals surface area contributed by atoms with Gasteiger partial charge in [0.25, 0.3) is 5.91 Å². The van der Waals surface area contributed by atoms with Crippen LogP contribution in [0.5, 0.6) is 0 Å². The maximum absolute atomic E-state index is 12.2. The fourth-order valence-corrected chi connectivity index (χ4v) is 2.77. The molecule has 7 nitrogen and oxygen atoms in total. The van der Waals surface area contributed by atoms with Gasteiger partial charge in [0.1, 0.15) is 5.70 Å². The van der Waals surface area contributed by atoms with E-state index in [9.17, 15) is 19.5 Å². The van der Waals surface area contributed by atoms with Crippen LogP contribution in [-0.4, -0.2) is 47.3 Å². The summed E-state index contributed by atoms with van der Waals surface area (Å²) < 4.78 is 9.89. The van der Waals surface area contributed by atoms with Crippen molar-refractivity contribution < 1.29 is 29.0 Å². The Morgan fingerprint density at radius 2 is 1.92 bits per heavy atom. The second kappa shape index (κ2) is 6.39. The fraction of sp³-hybridized carbons (Fsp3) is 0.588. The number of β-lactam (4-membered cyclic amide) rings is 1. The van der Waals surface area contributed by atoms with Gasteiger partial charge in [-0.1, -0.05) is 0 Å². The first-order valence-corrected chi connectivity index (χ1v) is 7.77. The minimum atomic E-state index is -0.689. The first-order valence-electron chi connectivity index (χ1n) is 7.77. The highest BCUT2D eigenvalue weighted by molar-refractivity contribution is 6.09. The fourth-order valence-electron chi connectivity index (χ4n) is 2.77.